The third-order valence-corrected chi connectivity index (χ3v) is 5.74. The maximum Gasteiger partial charge on any atom is 0.416 e. The van der Waals surface area contributed by atoms with Crippen LogP contribution in [0.25, 0.3) is 17.1 Å². The lowest BCUT2D eigenvalue weighted by Crippen LogP contribution is -2.11. The van der Waals surface area contributed by atoms with E-state index in [2.05, 4.69) is 4.98 Å². The standard InChI is InChI=1S/C27H21ClF4N2O3/c1-3-36-26(35)22-5-4-6-25(33-22)34-16(2)7-11-23(34)20-13-18(27(30,31)32)9-12-24(20)37-15-17-8-10-19(28)14-21(17)29/h4-14H,3,15H2,1-2H3. The summed E-state index contributed by atoms with van der Waals surface area (Å²) in [7, 11) is 0. The summed E-state index contributed by atoms with van der Waals surface area (Å²) in [5, 5.41) is 0.210. The van der Waals surface area contributed by atoms with Gasteiger partial charge in [0.1, 0.15) is 24.0 Å². The molecule has 4 rings (SSSR count). The first-order valence-corrected chi connectivity index (χ1v) is 11.6. The van der Waals surface area contributed by atoms with Gasteiger partial charge in [0.25, 0.3) is 0 Å². The van der Waals surface area contributed by atoms with E-state index in [-0.39, 0.29) is 40.8 Å². The number of nitrogens with zero attached hydrogens (tertiary/aromatic N) is 2. The number of ether oxygens (including phenoxy) is 2. The average Bonchev–Trinajstić information content (AvgIpc) is 3.24. The Morgan fingerprint density at radius 2 is 1.84 bits per heavy atom. The van der Waals surface area contributed by atoms with E-state index >= 15 is 0 Å². The monoisotopic (exact) mass is 532 g/mol. The van der Waals surface area contributed by atoms with Crippen molar-refractivity contribution in [2.45, 2.75) is 26.6 Å². The fourth-order valence-corrected chi connectivity index (χ4v) is 3.90. The Labute approximate surface area is 215 Å². The predicted molar refractivity (Wildman–Crippen MR) is 130 cm³/mol. The molecule has 0 spiro atoms. The lowest BCUT2D eigenvalue weighted by molar-refractivity contribution is -0.137. The fourth-order valence-electron chi connectivity index (χ4n) is 3.75. The Morgan fingerprint density at radius 1 is 1.05 bits per heavy atom. The van der Waals surface area contributed by atoms with Crippen molar-refractivity contribution in [3.05, 3.63) is 100 Å². The highest BCUT2D eigenvalue weighted by Crippen LogP contribution is 2.39. The molecule has 0 atom stereocenters. The minimum atomic E-state index is -4.61. The van der Waals surface area contributed by atoms with E-state index < -0.39 is 23.5 Å². The third-order valence-electron chi connectivity index (χ3n) is 5.51. The summed E-state index contributed by atoms with van der Waals surface area (Å²) in [5.74, 6) is -0.817. The molecule has 2 aromatic carbocycles. The Morgan fingerprint density at radius 3 is 2.54 bits per heavy atom. The van der Waals surface area contributed by atoms with Gasteiger partial charge in [-0.2, -0.15) is 13.2 Å². The molecular weight excluding hydrogens is 512 g/mol. The molecule has 0 amide bonds. The van der Waals surface area contributed by atoms with Crippen LogP contribution in [-0.2, 0) is 17.5 Å². The summed E-state index contributed by atoms with van der Waals surface area (Å²) in [6.07, 6.45) is -4.61. The smallest absolute Gasteiger partial charge is 0.416 e. The number of pyridine rings is 1. The number of esters is 1. The van der Waals surface area contributed by atoms with Gasteiger partial charge in [0, 0.05) is 21.8 Å². The topological polar surface area (TPSA) is 53.4 Å². The van der Waals surface area contributed by atoms with Crippen LogP contribution in [0, 0.1) is 12.7 Å². The van der Waals surface area contributed by atoms with Crippen LogP contribution in [0.2, 0.25) is 5.02 Å². The molecule has 0 N–H and O–H groups in total. The third kappa shape index (κ3) is 5.77. The Balaban J connectivity index is 1.81. The maximum atomic E-state index is 14.3. The highest BCUT2D eigenvalue weighted by atomic mass is 35.5. The van der Waals surface area contributed by atoms with Crippen LogP contribution in [-0.4, -0.2) is 22.1 Å². The minimum Gasteiger partial charge on any atom is -0.488 e. The van der Waals surface area contributed by atoms with Gasteiger partial charge in [-0.05, 0) is 68.4 Å². The van der Waals surface area contributed by atoms with Crippen molar-refractivity contribution < 1.29 is 31.8 Å². The van der Waals surface area contributed by atoms with Crippen LogP contribution in [0.1, 0.15) is 34.2 Å². The summed E-state index contributed by atoms with van der Waals surface area (Å²) in [4.78, 5) is 16.6. The molecule has 0 aliphatic heterocycles. The van der Waals surface area contributed by atoms with Crippen LogP contribution < -0.4 is 4.74 Å². The largest absolute Gasteiger partial charge is 0.488 e. The van der Waals surface area contributed by atoms with Crippen molar-refractivity contribution in [2.24, 2.45) is 0 Å². The molecule has 0 aliphatic carbocycles. The first-order valence-electron chi connectivity index (χ1n) is 11.2. The van der Waals surface area contributed by atoms with Crippen LogP contribution in [0.5, 0.6) is 5.75 Å². The number of halogens is 5. The molecule has 0 aliphatic rings. The quantitative estimate of drug-likeness (QED) is 0.184. The molecule has 0 radical (unpaired) electrons. The van der Waals surface area contributed by atoms with Gasteiger partial charge in [-0.1, -0.05) is 23.7 Å². The second-order valence-corrected chi connectivity index (χ2v) is 8.47. The minimum absolute atomic E-state index is 0.0529. The van der Waals surface area contributed by atoms with Gasteiger partial charge in [-0.3, -0.25) is 4.57 Å². The fraction of sp³-hybridized carbons (Fsp3) is 0.185. The summed E-state index contributed by atoms with van der Waals surface area (Å²) in [5.41, 5.74) is 0.453. The summed E-state index contributed by atoms with van der Waals surface area (Å²) < 4.78 is 67.6. The highest BCUT2D eigenvalue weighted by molar-refractivity contribution is 6.30. The Bertz CT molecular complexity index is 1450. The van der Waals surface area contributed by atoms with Gasteiger partial charge in [0.15, 0.2) is 5.69 Å². The molecule has 0 saturated heterocycles. The molecule has 10 heteroatoms. The number of carbonyl (C=O) groups excluding carboxylic acids is 1. The Hall–Kier alpha value is -3.85. The summed E-state index contributed by atoms with van der Waals surface area (Å²) >= 11 is 5.80. The first-order chi connectivity index (χ1) is 17.6. The normalized spacial score (nSPS) is 11.4. The second-order valence-electron chi connectivity index (χ2n) is 8.03. The van der Waals surface area contributed by atoms with E-state index in [1.165, 1.54) is 24.3 Å². The van der Waals surface area contributed by atoms with Gasteiger partial charge in [0.2, 0.25) is 0 Å². The van der Waals surface area contributed by atoms with Crippen LogP contribution in [0.3, 0.4) is 0 Å². The molecule has 5 nitrogen and oxygen atoms in total. The molecule has 37 heavy (non-hydrogen) atoms. The Kier molecular flexibility index (Phi) is 7.54. The van der Waals surface area contributed by atoms with Crippen molar-refractivity contribution in [1.29, 1.82) is 0 Å². The number of rotatable bonds is 7. The SMILES string of the molecule is CCOC(=O)c1cccc(-n2c(C)ccc2-c2cc(C(F)(F)F)ccc2OCc2ccc(Cl)cc2F)n1. The number of carbonyl (C=O) groups is 1. The number of aryl methyl sites for hydroxylation is 1. The predicted octanol–water partition coefficient (Wildman–Crippen LogP) is 7.41. The van der Waals surface area contributed by atoms with Gasteiger partial charge < -0.3 is 9.47 Å². The molecule has 0 saturated carbocycles. The second kappa shape index (κ2) is 10.6. The molecule has 0 unspecified atom stereocenters. The zero-order chi connectivity index (χ0) is 26.7. The van der Waals surface area contributed by atoms with E-state index in [0.29, 0.717) is 17.2 Å². The molecule has 192 valence electrons. The van der Waals surface area contributed by atoms with Crippen molar-refractivity contribution in [1.82, 2.24) is 9.55 Å². The number of alkyl halides is 3. The highest BCUT2D eigenvalue weighted by Gasteiger charge is 2.32. The number of hydrogen-bond acceptors (Lipinski definition) is 4. The van der Waals surface area contributed by atoms with Crippen molar-refractivity contribution in [3.63, 3.8) is 0 Å². The molecule has 2 heterocycles. The molecule has 2 aromatic heterocycles. The van der Waals surface area contributed by atoms with Gasteiger partial charge >= 0.3 is 12.1 Å². The van der Waals surface area contributed by atoms with Gasteiger partial charge in [-0.25, -0.2) is 14.2 Å². The van der Waals surface area contributed by atoms with Crippen molar-refractivity contribution in [2.75, 3.05) is 6.61 Å². The zero-order valence-corrected chi connectivity index (χ0v) is 20.5. The van der Waals surface area contributed by atoms with Crippen LogP contribution >= 0.6 is 11.6 Å². The van der Waals surface area contributed by atoms with E-state index in [4.69, 9.17) is 21.1 Å². The van der Waals surface area contributed by atoms with Crippen molar-refractivity contribution >= 4 is 17.6 Å². The first kappa shape index (κ1) is 26.2. The lowest BCUT2D eigenvalue weighted by atomic mass is 10.1. The van der Waals surface area contributed by atoms with E-state index in [1.807, 2.05) is 0 Å². The van der Waals surface area contributed by atoms with E-state index in [9.17, 15) is 22.4 Å². The van der Waals surface area contributed by atoms with E-state index in [1.54, 1.807) is 42.7 Å². The molecular formula is C27H21ClF4N2O3. The van der Waals surface area contributed by atoms with Gasteiger partial charge in [-0.15, -0.1) is 0 Å². The lowest BCUT2D eigenvalue weighted by Gasteiger charge is -2.18. The van der Waals surface area contributed by atoms with Crippen molar-refractivity contribution in [3.8, 4) is 22.8 Å². The van der Waals surface area contributed by atoms with Gasteiger partial charge in [0.05, 0.1) is 17.9 Å². The number of aromatic nitrogens is 2. The number of hydrogen-bond donors (Lipinski definition) is 0. The van der Waals surface area contributed by atoms with Crippen LogP contribution in [0.15, 0.2) is 66.7 Å². The molecule has 4 aromatic rings. The summed E-state index contributed by atoms with van der Waals surface area (Å²) in [6, 6.07) is 15.2. The zero-order valence-electron chi connectivity index (χ0n) is 19.8. The maximum absolute atomic E-state index is 14.3. The number of benzene rings is 2. The average molecular weight is 533 g/mol. The molecule has 0 bridgehead atoms. The van der Waals surface area contributed by atoms with Crippen LogP contribution in [0.4, 0.5) is 17.6 Å². The van der Waals surface area contributed by atoms with E-state index in [0.717, 1.165) is 18.2 Å². The summed E-state index contributed by atoms with van der Waals surface area (Å²) in [6.45, 7) is 3.34. The molecule has 0 fully saturated rings.